The quantitative estimate of drug-likeness (QED) is 0.409. The van der Waals surface area contributed by atoms with Crippen LogP contribution >= 0.6 is 0 Å². The van der Waals surface area contributed by atoms with E-state index in [2.05, 4.69) is 41.3 Å². The fourth-order valence-corrected chi connectivity index (χ4v) is 3.07. The number of rotatable bonds is 8. The van der Waals surface area contributed by atoms with Crippen LogP contribution in [0.4, 0.5) is 11.4 Å². The number of carbonyl (C=O) groups is 1. The first-order chi connectivity index (χ1) is 13.7. The second-order valence-electron chi connectivity index (χ2n) is 6.86. The third-order valence-electron chi connectivity index (χ3n) is 4.69. The molecule has 0 spiro atoms. The lowest BCUT2D eigenvalue weighted by molar-refractivity contribution is 0.102. The van der Waals surface area contributed by atoms with Gasteiger partial charge in [-0.15, -0.1) is 0 Å². The van der Waals surface area contributed by atoms with Crippen LogP contribution in [0.1, 0.15) is 36.5 Å². The Balaban J connectivity index is 1.58. The molecule has 3 aromatic rings. The summed E-state index contributed by atoms with van der Waals surface area (Å²) in [5, 5.41) is 3.94. The van der Waals surface area contributed by atoms with Gasteiger partial charge in [0.25, 0.3) is 5.91 Å². The molecule has 0 radical (unpaired) electrons. The molecule has 0 fully saturated rings. The number of amides is 1. The summed E-state index contributed by atoms with van der Waals surface area (Å²) in [6, 6.07) is 17.5. The fraction of sp³-hybridized carbons (Fsp3) is 0.250. The summed E-state index contributed by atoms with van der Waals surface area (Å²) in [4.78, 5) is 19.1. The third-order valence-corrected chi connectivity index (χ3v) is 4.69. The minimum absolute atomic E-state index is 0.129. The molecule has 0 aliphatic rings. The number of anilines is 2. The molecule has 0 saturated carbocycles. The summed E-state index contributed by atoms with van der Waals surface area (Å²) in [6.45, 7) is 3.14. The molecule has 0 atom stereocenters. The van der Waals surface area contributed by atoms with Gasteiger partial charge in [0.1, 0.15) is 0 Å². The second kappa shape index (κ2) is 9.70. The van der Waals surface area contributed by atoms with E-state index in [1.165, 1.54) is 0 Å². The van der Waals surface area contributed by atoms with E-state index in [1.54, 1.807) is 6.20 Å². The van der Waals surface area contributed by atoms with Gasteiger partial charge < -0.3 is 10.2 Å². The number of nitrogens with zero attached hydrogens (tertiary/aromatic N) is 2. The number of pyridine rings is 1. The Morgan fingerprint density at radius 2 is 1.89 bits per heavy atom. The highest BCUT2D eigenvalue weighted by molar-refractivity contribution is 6.05. The third kappa shape index (κ3) is 5.19. The summed E-state index contributed by atoms with van der Waals surface area (Å²) >= 11 is 0. The number of hydrogen-bond acceptors (Lipinski definition) is 3. The summed E-state index contributed by atoms with van der Waals surface area (Å²) in [7, 11) is 2.08. The Labute approximate surface area is 166 Å². The molecule has 1 heterocycles. The van der Waals surface area contributed by atoms with Crippen LogP contribution in [0.25, 0.3) is 10.9 Å². The predicted molar refractivity (Wildman–Crippen MR) is 118 cm³/mol. The second-order valence-corrected chi connectivity index (χ2v) is 6.86. The number of hydrogen-bond donors (Lipinski definition) is 1. The molecule has 0 aliphatic carbocycles. The molecule has 0 bridgehead atoms. The molecule has 0 aliphatic heterocycles. The van der Waals surface area contributed by atoms with Crippen LogP contribution in [-0.4, -0.2) is 24.5 Å². The lowest BCUT2D eigenvalue weighted by Gasteiger charge is -2.19. The number of para-hydroxylation sites is 1. The van der Waals surface area contributed by atoms with Crippen molar-refractivity contribution in [3.05, 3.63) is 78.5 Å². The van der Waals surface area contributed by atoms with Gasteiger partial charge in [-0.25, -0.2) is 0 Å². The normalized spacial score (nSPS) is 11.1. The van der Waals surface area contributed by atoms with Crippen LogP contribution in [0.5, 0.6) is 0 Å². The van der Waals surface area contributed by atoms with E-state index in [1.807, 2.05) is 54.6 Å². The Bertz CT molecular complexity index is 947. The molecule has 1 N–H and O–H groups in total. The van der Waals surface area contributed by atoms with Crippen molar-refractivity contribution >= 4 is 28.2 Å². The van der Waals surface area contributed by atoms with E-state index < -0.39 is 0 Å². The first-order valence-corrected chi connectivity index (χ1v) is 9.79. The van der Waals surface area contributed by atoms with Gasteiger partial charge >= 0.3 is 0 Å². The Morgan fingerprint density at radius 1 is 1.11 bits per heavy atom. The molecule has 28 heavy (non-hydrogen) atoms. The molecule has 3 rings (SSSR count). The van der Waals surface area contributed by atoms with Gasteiger partial charge in [0, 0.05) is 30.2 Å². The molecular formula is C24H27N3O. The van der Waals surface area contributed by atoms with Crippen LogP contribution in [0.2, 0.25) is 0 Å². The zero-order valence-corrected chi connectivity index (χ0v) is 16.6. The maximum atomic E-state index is 12.5. The predicted octanol–water partition coefficient (Wildman–Crippen LogP) is 5.67. The van der Waals surface area contributed by atoms with Crippen LogP contribution in [0.3, 0.4) is 0 Å². The average molecular weight is 374 g/mol. The lowest BCUT2D eigenvalue weighted by atomic mass is 10.1. The molecule has 4 nitrogen and oxygen atoms in total. The number of allylic oxidation sites excluding steroid dienone is 2. The number of fused-ring (bicyclic) bond motifs is 1. The van der Waals surface area contributed by atoms with Gasteiger partial charge in [0.05, 0.1) is 17.4 Å². The first-order valence-electron chi connectivity index (χ1n) is 9.79. The van der Waals surface area contributed by atoms with E-state index in [0.29, 0.717) is 11.3 Å². The van der Waals surface area contributed by atoms with Crippen molar-refractivity contribution in [2.75, 3.05) is 23.8 Å². The zero-order chi connectivity index (χ0) is 19.8. The largest absolute Gasteiger partial charge is 0.375 e. The smallest absolute Gasteiger partial charge is 0.255 e. The molecule has 2 aromatic carbocycles. The molecule has 144 valence electrons. The molecule has 0 unspecified atom stereocenters. The van der Waals surface area contributed by atoms with Gasteiger partial charge in [0.15, 0.2) is 0 Å². The standard InChI is InChI=1S/C24H27N3O/c1-3-4-5-6-9-16-27(2)22-14-12-19(13-15-22)24(28)26-21-17-20-10-7-8-11-23(20)25-18-21/h4-5,7-8,10-15,17-18H,3,6,9,16H2,1-2H3,(H,26,28). The number of unbranched alkanes of at least 4 members (excludes halogenated alkanes) is 1. The SMILES string of the molecule is CCC=CCCCN(C)c1ccc(C(=O)Nc2cnc3ccccc3c2)cc1. The van der Waals surface area contributed by atoms with Crippen LogP contribution in [-0.2, 0) is 0 Å². The maximum Gasteiger partial charge on any atom is 0.255 e. The van der Waals surface area contributed by atoms with Gasteiger partial charge in [-0.05, 0) is 55.7 Å². The summed E-state index contributed by atoms with van der Waals surface area (Å²) in [5.41, 5.74) is 3.36. The topological polar surface area (TPSA) is 45.2 Å². The van der Waals surface area contributed by atoms with Gasteiger partial charge in [-0.3, -0.25) is 9.78 Å². The number of nitrogens with one attached hydrogen (secondary N) is 1. The number of carbonyl (C=O) groups excluding carboxylic acids is 1. The number of benzene rings is 2. The van der Waals surface area contributed by atoms with Gasteiger partial charge in [0.2, 0.25) is 0 Å². The highest BCUT2D eigenvalue weighted by Gasteiger charge is 2.08. The van der Waals surface area contributed by atoms with Crippen molar-refractivity contribution in [2.24, 2.45) is 0 Å². The van der Waals surface area contributed by atoms with Crippen LogP contribution < -0.4 is 10.2 Å². The number of aromatic nitrogens is 1. The summed E-state index contributed by atoms with van der Waals surface area (Å²) in [6.07, 6.45) is 9.44. The van der Waals surface area contributed by atoms with Crippen LogP contribution in [0.15, 0.2) is 72.9 Å². The van der Waals surface area contributed by atoms with Gasteiger partial charge in [-0.1, -0.05) is 37.3 Å². The molecule has 1 amide bonds. The first kappa shape index (κ1) is 19.6. The molecule has 1 aromatic heterocycles. The van der Waals surface area contributed by atoms with E-state index in [-0.39, 0.29) is 5.91 Å². The molecule has 0 saturated heterocycles. The summed E-state index contributed by atoms with van der Waals surface area (Å²) in [5.74, 6) is -0.129. The Hall–Kier alpha value is -3.14. The summed E-state index contributed by atoms with van der Waals surface area (Å²) < 4.78 is 0. The Morgan fingerprint density at radius 3 is 2.68 bits per heavy atom. The maximum absolute atomic E-state index is 12.5. The van der Waals surface area contributed by atoms with Crippen molar-refractivity contribution < 1.29 is 4.79 Å². The van der Waals surface area contributed by atoms with Crippen molar-refractivity contribution in [3.8, 4) is 0 Å². The van der Waals surface area contributed by atoms with Gasteiger partial charge in [-0.2, -0.15) is 0 Å². The minimum atomic E-state index is -0.129. The lowest BCUT2D eigenvalue weighted by Crippen LogP contribution is -2.18. The van der Waals surface area contributed by atoms with Crippen molar-refractivity contribution in [3.63, 3.8) is 0 Å². The van der Waals surface area contributed by atoms with Crippen molar-refractivity contribution in [2.45, 2.75) is 26.2 Å². The Kier molecular flexibility index (Phi) is 6.79. The van der Waals surface area contributed by atoms with E-state index >= 15 is 0 Å². The monoisotopic (exact) mass is 373 g/mol. The fourth-order valence-electron chi connectivity index (χ4n) is 3.07. The van der Waals surface area contributed by atoms with Crippen molar-refractivity contribution in [1.29, 1.82) is 0 Å². The van der Waals surface area contributed by atoms with Crippen LogP contribution in [0, 0.1) is 0 Å². The van der Waals surface area contributed by atoms with E-state index in [4.69, 9.17) is 0 Å². The average Bonchev–Trinajstić information content (AvgIpc) is 2.73. The van der Waals surface area contributed by atoms with E-state index in [9.17, 15) is 4.79 Å². The van der Waals surface area contributed by atoms with Crippen molar-refractivity contribution in [1.82, 2.24) is 4.98 Å². The zero-order valence-electron chi connectivity index (χ0n) is 16.6. The molecule has 4 heteroatoms. The highest BCUT2D eigenvalue weighted by atomic mass is 16.1. The minimum Gasteiger partial charge on any atom is -0.375 e. The van der Waals surface area contributed by atoms with E-state index in [0.717, 1.165) is 42.4 Å². The molecular weight excluding hydrogens is 346 g/mol. The highest BCUT2D eigenvalue weighted by Crippen LogP contribution is 2.18.